The zero-order valence-corrected chi connectivity index (χ0v) is 17.5. The second kappa shape index (κ2) is 9.79. The van der Waals surface area contributed by atoms with E-state index in [1.54, 1.807) is 30.3 Å². The Morgan fingerprint density at radius 3 is 2.32 bits per heavy atom. The van der Waals surface area contributed by atoms with Crippen molar-refractivity contribution in [2.45, 2.75) is 31.6 Å². The minimum Gasteiger partial charge on any atom is -0.493 e. The first-order valence-electron chi connectivity index (χ1n) is 10.9. The second-order valence-corrected chi connectivity index (χ2v) is 8.21. The summed E-state index contributed by atoms with van der Waals surface area (Å²) in [5, 5.41) is 14.3. The number of aliphatic hydroxyl groups is 1. The van der Waals surface area contributed by atoms with Gasteiger partial charge in [-0.15, -0.1) is 0 Å². The molecule has 2 aromatic rings. The van der Waals surface area contributed by atoms with Crippen LogP contribution in [0.25, 0.3) is 6.08 Å². The fraction of sp³-hybridized carbons (Fsp3) is 0.360. The van der Waals surface area contributed by atoms with Crippen molar-refractivity contribution in [2.24, 2.45) is 5.92 Å². The quantitative estimate of drug-likeness (QED) is 0.515. The van der Waals surface area contributed by atoms with Gasteiger partial charge in [0, 0.05) is 12.1 Å². The number of hydrogen-bond acceptors (Lipinski definition) is 4. The summed E-state index contributed by atoms with van der Waals surface area (Å²) < 4.78 is 5.71. The highest BCUT2D eigenvalue weighted by Crippen LogP contribution is 2.40. The molecule has 0 aliphatic heterocycles. The molecule has 3 N–H and O–H groups in total. The van der Waals surface area contributed by atoms with Crippen LogP contribution in [0.3, 0.4) is 0 Å². The van der Waals surface area contributed by atoms with Gasteiger partial charge in [0.25, 0.3) is 11.8 Å². The number of benzene rings is 2. The molecule has 6 heteroatoms. The smallest absolute Gasteiger partial charge is 0.267 e. The number of amides is 2. The first-order chi connectivity index (χ1) is 15.1. The van der Waals surface area contributed by atoms with Crippen LogP contribution in [0.15, 0.2) is 54.2 Å². The molecule has 162 valence electrons. The largest absolute Gasteiger partial charge is 0.493 e. The van der Waals surface area contributed by atoms with Crippen LogP contribution in [-0.2, 0) is 4.79 Å². The van der Waals surface area contributed by atoms with Crippen LogP contribution in [0.1, 0.15) is 53.1 Å². The highest BCUT2D eigenvalue weighted by atomic mass is 16.5. The van der Waals surface area contributed by atoms with E-state index in [-0.39, 0.29) is 24.8 Å². The number of hydrogen-bond donors (Lipinski definition) is 3. The van der Waals surface area contributed by atoms with E-state index >= 15 is 0 Å². The van der Waals surface area contributed by atoms with Gasteiger partial charge in [-0.25, -0.2) is 0 Å². The fourth-order valence-corrected chi connectivity index (χ4v) is 3.27. The molecule has 2 aromatic carbocycles. The minimum absolute atomic E-state index is 0.111. The lowest BCUT2D eigenvalue weighted by Crippen LogP contribution is -2.36. The lowest BCUT2D eigenvalue weighted by Gasteiger charge is -2.11. The molecule has 0 unspecified atom stereocenters. The molecule has 0 heterocycles. The number of nitrogens with one attached hydrogen (secondary N) is 2. The standard InChI is InChI=1S/C25H28N2O4/c28-14-13-26-25(30)23(15-17-3-5-19(6-4-17)20-7-8-20)27-24(29)21-9-11-22(12-10-21)31-16-18-1-2-18/h3-6,9-12,15,18,20,28H,1-2,7-8,13-14,16H2,(H,26,30)(H,27,29)/b23-15-. The Morgan fingerprint density at radius 2 is 1.71 bits per heavy atom. The maximum Gasteiger partial charge on any atom is 0.267 e. The van der Waals surface area contributed by atoms with E-state index in [0.717, 1.165) is 11.3 Å². The molecular formula is C25H28N2O4. The normalized spacial score (nSPS) is 16.0. The molecule has 0 saturated heterocycles. The van der Waals surface area contributed by atoms with Crippen molar-refractivity contribution in [3.05, 3.63) is 70.9 Å². The number of carbonyl (C=O) groups is 2. The predicted molar refractivity (Wildman–Crippen MR) is 119 cm³/mol. The first kappa shape index (κ1) is 21.1. The van der Waals surface area contributed by atoms with Crippen molar-refractivity contribution in [2.75, 3.05) is 19.8 Å². The molecule has 0 radical (unpaired) electrons. The Morgan fingerprint density at radius 1 is 1.00 bits per heavy atom. The molecular weight excluding hydrogens is 392 g/mol. The third-order valence-electron chi connectivity index (χ3n) is 5.49. The topological polar surface area (TPSA) is 87.7 Å². The van der Waals surface area contributed by atoms with Gasteiger partial charge >= 0.3 is 0 Å². The van der Waals surface area contributed by atoms with Crippen molar-refractivity contribution < 1.29 is 19.4 Å². The van der Waals surface area contributed by atoms with Gasteiger partial charge in [0.2, 0.25) is 0 Å². The predicted octanol–water partition coefficient (Wildman–Crippen LogP) is 3.23. The molecule has 0 spiro atoms. The van der Waals surface area contributed by atoms with Gasteiger partial charge in [-0.3, -0.25) is 9.59 Å². The molecule has 4 rings (SSSR count). The fourth-order valence-electron chi connectivity index (χ4n) is 3.27. The molecule has 31 heavy (non-hydrogen) atoms. The van der Waals surface area contributed by atoms with Crippen LogP contribution < -0.4 is 15.4 Å². The maximum atomic E-state index is 12.7. The monoisotopic (exact) mass is 420 g/mol. The molecule has 2 aliphatic rings. The maximum absolute atomic E-state index is 12.7. The highest BCUT2D eigenvalue weighted by Gasteiger charge is 2.23. The number of aliphatic hydroxyl groups excluding tert-OH is 1. The van der Waals surface area contributed by atoms with Gasteiger partial charge in [-0.05, 0) is 79.0 Å². The third kappa shape index (κ3) is 6.18. The average molecular weight is 421 g/mol. The van der Waals surface area contributed by atoms with Gasteiger partial charge in [0.05, 0.1) is 13.2 Å². The Bertz CT molecular complexity index is 942. The van der Waals surface area contributed by atoms with Crippen LogP contribution in [-0.4, -0.2) is 36.7 Å². The second-order valence-electron chi connectivity index (χ2n) is 8.21. The van der Waals surface area contributed by atoms with Crippen molar-refractivity contribution >= 4 is 17.9 Å². The van der Waals surface area contributed by atoms with E-state index in [2.05, 4.69) is 22.8 Å². The lowest BCUT2D eigenvalue weighted by atomic mass is 10.1. The highest BCUT2D eigenvalue weighted by molar-refractivity contribution is 6.05. The summed E-state index contributed by atoms with van der Waals surface area (Å²) in [6.45, 7) is 0.647. The summed E-state index contributed by atoms with van der Waals surface area (Å²) in [4.78, 5) is 25.3. The van der Waals surface area contributed by atoms with E-state index in [4.69, 9.17) is 9.84 Å². The van der Waals surface area contributed by atoms with Crippen LogP contribution in [0, 0.1) is 5.92 Å². The number of rotatable bonds is 10. The zero-order valence-electron chi connectivity index (χ0n) is 17.5. The Labute approximate surface area is 182 Å². The van der Waals surface area contributed by atoms with Gasteiger partial charge in [-0.2, -0.15) is 0 Å². The van der Waals surface area contributed by atoms with E-state index in [1.807, 2.05) is 12.1 Å². The molecule has 0 aromatic heterocycles. The van der Waals surface area contributed by atoms with Gasteiger partial charge < -0.3 is 20.5 Å². The first-order valence-corrected chi connectivity index (χ1v) is 10.9. The van der Waals surface area contributed by atoms with Crippen LogP contribution in [0.4, 0.5) is 0 Å². The van der Waals surface area contributed by atoms with E-state index in [1.165, 1.54) is 31.2 Å². The Hall–Kier alpha value is -3.12. The van der Waals surface area contributed by atoms with Crippen molar-refractivity contribution in [3.8, 4) is 5.75 Å². The van der Waals surface area contributed by atoms with E-state index in [0.29, 0.717) is 24.0 Å². The lowest BCUT2D eigenvalue weighted by molar-refractivity contribution is -0.117. The van der Waals surface area contributed by atoms with Crippen LogP contribution in [0.2, 0.25) is 0 Å². The number of carbonyl (C=O) groups excluding carboxylic acids is 2. The zero-order chi connectivity index (χ0) is 21.6. The summed E-state index contributed by atoms with van der Waals surface area (Å²) in [5.74, 6) is 1.22. The van der Waals surface area contributed by atoms with Crippen LogP contribution >= 0.6 is 0 Å². The minimum atomic E-state index is -0.446. The summed E-state index contributed by atoms with van der Waals surface area (Å²) in [6.07, 6.45) is 6.54. The van der Waals surface area contributed by atoms with Crippen molar-refractivity contribution in [1.29, 1.82) is 0 Å². The van der Waals surface area contributed by atoms with Crippen molar-refractivity contribution in [3.63, 3.8) is 0 Å². The average Bonchev–Trinajstić information content (AvgIpc) is 3.70. The van der Waals surface area contributed by atoms with Crippen molar-refractivity contribution in [1.82, 2.24) is 10.6 Å². The SMILES string of the molecule is O=C(NCCO)/C(=C/c1ccc(C2CC2)cc1)NC(=O)c1ccc(OCC2CC2)cc1. The van der Waals surface area contributed by atoms with Gasteiger partial charge in [0.15, 0.2) is 0 Å². The Kier molecular flexibility index (Phi) is 6.67. The van der Waals surface area contributed by atoms with Gasteiger partial charge in [0.1, 0.15) is 11.4 Å². The summed E-state index contributed by atoms with van der Waals surface area (Å²) in [5.41, 5.74) is 2.69. The Balaban J connectivity index is 1.44. The van der Waals surface area contributed by atoms with E-state index < -0.39 is 5.91 Å². The molecule has 0 atom stereocenters. The van der Waals surface area contributed by atoms with E-state index in [9.17, 15) is 9.59 Å². The van der Waals surface area contributed by atoms with Crippen LogP contribution in [0.5, 0.6) is 5.75 Å². The summed E-state index contributed by atoms with van der Waals surface area (Å²) >= 11 is 0. The molecule has 2 aliphatic carbocycles. The summed E-state index contributed by atoms with van der Waals surface area (Å²) in [7, 11) is 0. The molecule has 2 saturated carbocycles. The molecule has 6 nitrogen and oxygen atoms in total. The van der Waals surface area contributed by atoms with Gasteiger partial charge in [-0.1, -0.05) is 24.3 Å². The number of ether oxygens (including phenoxy) is 1. The molecule has 0 bridgehead atoms. The summed E-state index contributed by atoms with van der Waals surface area (Å²) in [6, 6.07) is 14.9. The molecule has 2 amide bonds. The third-order valence-corrected chi connectivity index (χ3v) is 5.49. The molecule has 2 fully saturated rings.